The van der Waals surface area contributed by atoms with Crippen molar-refractivity contribution in [2.24, 2.45) is 20.2 Å². The van der Waals surface area contributed by atoms with Gasteiger partial charge in [0.2, 0.25) is 0 Å². The summed E-state index contributed by atoms with van der Waals surface area (Å²) in [6, 6.07) is 0.889. The van der Waals surface area contributed by atoms with Crippen LogP contribution in [0.2, 0.25) is 0 Å². The van der Waals surface area contributed by atoms with E-state index in [0.717, 1.165) is 37.6 Å². The number of hydrogen-bond acceptors (Lipinski definition) is 6. The quantitative estimate of drug-likeness (QED) is 0.783. The zero-order valence-electron chi connectivity index (χ0n) is 14.8. The molecule has 22 heavy (non-hydrogen) atoms. The Morgan fingerprint density at radius 2 is 1.18 bits per heavy atom. The fraction of sp³-hybridized carbons (Fsp3) is 0.875. The third-order valence-electron chi connectivity index (χ3n) is 4.14. The fourth-order valence-corrected chi connectivity index (χ4v) is 2.53. The Kier molecular flexibility index (Phi) is 4.87. The lowest BCUT2D eigenvalue weighted by Gasteiger charge is -2.32. The van der Waals surface area contributed by atoms with Gasteiger partial charge < -0.3 is 10.6 Å². The average molecular weight is 306 g/mol. The first kappa shape index (κ1) is 16.9. The molecule has 0 spiro atoms. The molecule has 2 N–H and O–H groups in total. The maximum atomic E-state index is 4.60. The van der Waals surface area contributed by atoms with Gasteiger partial charge in [0.15, 0.2) is 0 Å². The molecule has 2 rings (SSSR count). The number of rotatable bonds is 4. The van der Waals surface area contributed by atoms with Gasteiger partial charge in [0, 0.05) is 25.2 Å². The number of azo groups is 1. The number of aliphatic imine (C=N–C) groups is 2. The van der Waals surface area contributed by atoms with Crippen molar-refractivity contribution in [2.75, 3.05) is 13.1 Å². The number of amidine groups is 2. The van der Waals surface area contributed by atoms with Gasteiger partial charge in [0.05, 0.1) is 0 Å². The molecule has 2 unspecified atom stereocenters. The van der Waals surface area contributed by atoms with Gasteiger partial charge in [-0.25, -0.2) is 0 Å². The van der Waals surface area contributed by atoms with Crippen molar-refractivity contribution in [3.63, 3.8) is 0 Å². The summed E-state index contributed by atoms with van der Waals surface area (Å²) in [5.74, 6) is 1.86. The minimum atomic E-state index is -0.438. The van der Waals surface area contributed by atoms with Crippen molar-refractivity contribution in [2.45, 2.75) is 77.5 Å². The van der Waals surface area contributed by atoms with E-state index >= 15 is 0 Å². The lowest BCUT2D eigenvalue weighted by atomic mass is 10.0. The standard InChI is InChI=1S/C16H30N6/c1-11-7-9-17-13(19-11)15(3,4)21-22-16(5,6)14-18-10-8-12(2)20-14/h11-12H,7-10H2,1-6H3,(H,17,19)(H,18,20). The molecule has 0 saturated carbocycles. The van der Waals surface area contributed by atoms with Crippen LogP contribution in [0.1, 0.15) is 54.4 Å². The first-order valence-electron chi connectivity index (χ1n) is 8.28. The maximum absolute atomic E-state index is 4.60. The summed E-state index contributed by atoms with van der Waals surface area (Å²) >= 11 is 0. The molecule has 0 aromatic carbocycles. The number of nitrogens with zero attached hydrogens (tertiary/aromatic N) is 4. The van der Waals surface area contributed by atoms with Crippen molar-refractivity contribution in [3.05, 3.63) is 0 Å². The van der Waals surface area contributed by atoms with E-state index in [-0.39, 0.29) is 0 Å². The second-order valence-corrected chi connectivity index (χ2v) is 7.45. The van der Waals surface area contributed by atoms with E-state index in [1.165, 1.54) is 0 Å². The summed E-state index contributed by atoms with van der Waals surface area (Å²) in [6.45, 7) is 14.3. The Labute approximate surface area is 134 Å². The van der Waals surface area contributed by atoms with Crippen LogP contribution in [0.4, 0.5) is 0 Å². The molecule has 2 aliphatic heterocycles. The van der Waals surface area contributed by atoms with Gasteiger partial charge in [-0.05, 0) is 54.4 Å². The summed E-state index contributed by atoms with van der Waals surface area (Å²) in [5, 5.41) is 16.1. The molecule has 0 bridgehead atoms. The van der Waals surface area contributed by atoms with Crippen LogP contribution in [0.25, 0.3) is 0 Å². The van der Waals surface area contributed by atoms with Gasteiger partial charge in [0.25, 0.3) is 0 Å². The molecule has 124 valence electrons. The Morgan fingerprint density at radius 3 is 1.50 bits per heavy atom. The van der Waals surface area contributed by atoms with Crippen LogP contribution in [0, 0.1) is 0 Å². The van der Waals surface area contributed by atoms with Crippen molar-refractivity contribution >= 4 is 11.7 Å². The number of nitrogens with one attached hydrogen (secondary N) is 2. The van der Waals surface area contributed by atoms with E-state index in [1.54, 1.807) is 0 Å². The molecule has 0 aromatic heterocycles. The topological polar surface area (TPSA) is 73.5 Å². The van der Waals surface area contributed by atoms with Crippen molar-refractivity contribution in [3.8, 4) is 0 Å². The molecule has 0 aliphatic carbocycles. The van der Waals surface area contributed by atoms with E-state index in [2.05, 4.69) is 72.4 Å². The highest BCUT2D eigenvalue weighted by Gasteiger charge is 2.32. The Hall–Kier alpha value is -1.46. The highest BCUT2D eigenvalue weighted by molar-refractivity contribution is 5.92. The SMILES string of the molecule is CC1CCN=C(C(C)(C)N=NC(C)(C)C2=NCCC(C)N2)N1. The van der Waals surface area contributed by atoms with Crippen LogP contribution in [0.3, 0.4) is 0 Å². The summed E-state index contributed by atoms with van der Waals surface area (Å²) < 4.78 is 0. The molecule has 0 radical (unpaired) electrons. The van der Waals surface area contributed by atoms with Gasteiger partial charge in [-0.1, -0.05) is 0 Å². The summed E-state index contributed by atoms with van der Waals surface area (Å²) in [5.41, 5.74) is -0.875. The Morgan fingerprint density at radius 1 is 0.818 bits per heavy atom. The van der Waals surface area contributed by atoms with E-state index in [0.29, 0.717) is 12.1 Å². The zero-order chi connectivity index (χ0) is 16.4. The number of hydrogen-bond donors (Lipinski definition) is 2. The van der Waals surface area contributed by atoms with Crippen LogP contribution in [-0.4, -0.2) is 47.9 Å². The monoisotopic (exact) mass is 306 g/mol. The molecule has 0 amide bonds. The molecule has 2 atom stereocenters. The highest BCUT2D eigenvalue weighted by Crippen LogP contribution is 2.20. The van der Waals surface area contributed by atoms with E-state index < -0.39 is 11.1 Å². The summed E-state index contributed by atoms with van der Waals surface area (Å²) in [4.78, 5) is 9.17. The third kappa shape index (κ3) is 4.05. The van der Waals surface area contributed by atoms with Crippen molar-refractivity contribution < 1.29 is 0 Å². The highest BCUT2D eigenvalue weighted by atomic mass is 15.3. The molecule has 2 heterocycles. The zero-order valence-corrected chi connectivity index (χ0v) is 14.8. The molecule has 2 aliphatic rings. The predicted octanol–water partition coefficient (Wildman–Crippen LogP) is 2.56. The molecule has 0 saturated heterocycles. The van der Waals surface area contributed by atoms with Crippen molar-refractivity contribution in [1.29, 1.82) is 0 Å². The smallest absolute Gasteiger partial charge is 0.133 e. The average Bonchev–Trinajstić information content (AvgIpc) is 2.45. The van der Waals surface area contributed by atoms with E-state index in [4.69, 9.17) is 0 Å². The molecule has 0 fully saturated rings. The normalized spacial score (nSPS) is 27.0. The summed E-state index contributed by atoms with van der Waals surface area (Å²) in [6.07, 6.45) is 2.14. The summed E-state index contributed by atoms with van der Waals surface area (Å²) in [7, 11) is 0. The molecule has 0 aromatic rings. The largest absolute Gasteiger partial charge is 0.369 e. The minimum absolute atomic E-state index is 0.438. The van der Waals surface area contributed by atoms with Gasteiger partial charge in [-0.2, -0.15) is 10.2 Å². The first-order chi connectivity index (χ1) is 10.2. The molecular weight excluding hydrogens is 276 g/mol. The van der Waals surface area contributed by atoms with Gasteiger partial charge >= 0.3 is 0 Å². The van der Waals surface area contributed by atoms with Crippen LogP contribution in [0.15, 0.2) is 20.2 Å². The maximum Gasteiger partial charge on any atom is 0.133 e. The Balaban J connectivity index is 2.11. The Bertz CT molecular complexity index is 445. The van der Waals surface area contributed by atoms with E-state index in [1.807, 2.05) is 0 Å². The van der Waals surface area contributed by atoms with Crippen LogP contribution < -0.4 is 10.6 Å². The molecule has 6 nitrogen and oxygen atoms in total. The van der Waals surface area contributed by atoms with Gasteiger partial charge in [0.1, 0.15) is 22.7 Å². The molecular formula is C16H30N6. The van der Waals surface area contributed by atoms with E-state index in [9.17, 15) is 0 Å². The van der Waals surface area contributed by atoms with Gasteiger partial charge in [-0.3, -0.25) is 9.98 Å². The van der Waals surface area contributed by atoms with Crippen LogP contribution in [0.5, 0.6) is 0 Å². The van der Waals surface area contributed by atoms with Crippen LogP contribution in [-0.2, 0) is 0 Å². The van der Waals surface area contributed by atoms with Crippen molar-refractivity contribution in [1.82, 2.24) is 10.6 Å². The second kappa shape index (κ2) is 6.34. The predicted molar refractivity (Wildman–Crippen MR) is 92.0 cm³/mol. The first-order valence-corrected chi connectivity index (χ1v) is 8.28. The minimum Gasteiger partial charge on any atom is -0.369 e. The lowest BCUT2D eigenvalue weighted by molar-refractivity contribution is 0.494. The fourth-order valence-electron chi connectivity index (χ4n) is 2.53. The van der Waals surface area contributed by atoms with Crippen LogP contribution >= 0.6 is 0 Å². The van der Waals surface area contributed by atoms with Gasteiger partial charge in [-0.15, -0.1) is 0 Å². The lowest BCUT2D eigenvalue weighted by Crippen LogP contribution is -2.49. The third-order valence-corrected chi connectivity index (χ3v) is 4.14. The second-order valence-electron chi connectivity index (χ2n) is 7.45. The molecule has 6 heteroatoms.